The van der Waals surface area contributed by atoms with Crippen LogP contribution in [0.1, 0.15) is 17.1 Å². The molecule has 2 aromatic carbocycles. The largest absolute Gasteiger partial charge is 0.340 e. The van der Waals surface area contributed by atoms with Crippen molar-refractivity contribution in [2.75, 3.05) is 0 Å². The average molecular weight is 340 g/mol. The molecular weight excluding hydrogens is 320 g/mol. The van der Waals surface area contributed by atoms with E-state index >= 15 is 0 Å². The van der Waals surface area contributed by atoms with E-state index in [4.69, 9.17) is 4.98 Å². The number of hydrogen-bond donors (Lipinski definition) is 1. The summed E-state index contributed by atoms with van der Waals surface area (Å²) in [5.41, 5.74) is 5.91. The predicted molar refractivity (Wildman–Crippen MR) is 106 cm³/mol. The maximum Gasteiger partial charge on any atom is 0.157 e. The van der Waals surface area contributed by atoms with E-state index in [0.29, 0.717) is 0 Å². The first-order valence-corrected chi connectivity index (χ1v) is 8.85. The van der Waals surface area contributed by atoms with E-state index in [1.54, 1.807) is 0 Å². The van der Waals surface area contributed by atoms with Gasteiger partial charge in [-0.05, 0) is 44.5 Å². The molecule has 0 bridgehead atoms. The van der Waals surface area contributed by atoms with Crippen LogP contribution in [0.4, 0.5) is 0 Å². The Labute approximate surface area is 151 Å². The third-order valence-corrected chi connectivity index (χ3v) is 5.30. The van der Waals surface area contributed by atoms with Crippen LogP contribution in [-0.4, -0.2) is 19.1 Å². The Bertz CT molecular complexity index is 1250. The molecule has 5 aromatic rings. The summed E-state index contributed by atoms with van der Waals surface area (Å²) in [7, 11) is 0. The summed E-state index contributed by atoms with van der Waals surface area (Å²) in [5.74, 6) is 1.91. The van der Waals surface area contributed by atoms with Gasteiger partial charge in [0.25, 0.3) is 0 Å². The number of aromatic nitrogens is 4. The number of para-hydroxylation sites is 2. The third-order valence-electron chi connectivity index (χ3n) is 5.30. The first-order chi connectivity index (χ1) is 12.6. The highest BCUT2D eigenvalue weighted by molar-refractivity contribution is 6.09. The number of aromatic amines is 1. The number of nitrogens with zero attached hydrogens (tertiary/aromatic N) is 3. The summed E-state index contributed by atoms with van der Waals surface area (Å²) in [6.07, 6.45) is 2.11. The van der Waals surface area contributed by atoms with Gasteiger partial charge in [-0.25, -0.2) is 4.98 Å². The van der Waals surface area contributed by atoms with E-state index < -0.39 is 0 Å². The minimum Gasteiger partial charge on any atom is -0.340 e. The number of nitrogens with one attached hydrogen (secondary N) is 1. The zero-order chi connectivity index (χ0) is 17.8. The Morgan fingerprint density at radius 2 is 1.62 bits per heavy atom. The van der Waals surface area contributed by atoms with Gasteiger partial charge in [-0.1, -0.05) is 36.4 Å². The van der Waals surface area contributed by atoms with Crippen LogP contribution >= 0.6 is 0 Å². The van der Waals surface area contributed by atoms with Gasteiger partial charge in [0.15, 0.2) is 5.82 Å². The Morgan fingerprint density at radius 3 is 2.42 bits per heavy atom. The molecule has 0 unspecified atom stereocenters. The number of rotatable bonds is 2. The van der Waals surface area contributed by atoms with Crippen molar-refractivity contribution in [2.24, 2.45) is 0 Å². The van der Waals surface area contributed by atoms with Crippen molar-refractivity contribution >= 4 is 21.9 Å². The molecule has 4 heteroatoms. The Morgan fingerprint density at radius 1 is 0.885 bits per heavy atom. The van der Waals surface area contributed by atoms with Gasteiger partial charge in [0.1, 0.15) is 11.5 Å². The summed E-state index contributed by atoms with van der Waals surface area (Å²) in [4.78, 5) is 8.45. The Balaban J connectivity index is 1.79. The highest BCUT2D eigenvalue weighted by Crippen LogP contribution is 2.34. The number of imidazole rings is 1. The summed E-state index contributed by atoms with van der Waals surface area (Å²) in [6, 6.07) is 18.8. The maximum atomic E-state index is 4.86. The van der Waals surface area contributed by atoms with Crippen molar-refractivity contribution in [3.63, 3.8) is 0 Å². The molecule has 26 heavy (non-hydrogen) atoms. The molecule has 0 aliphatic heterocycles. The Kier molecular flexibility index (Phi) is 3.10. The monoisotopic (exact) mass is 340 g/mol. The van der Waals surface area contributed by atoms with Crippen LogP contribution in [0.25, 0.3) is 33.4 Å². The highest BCUT2D eigenvalue weighted by Gasteiger charge is 2.19. The topological polar surface area (TPSA) is 38.5 Å². The molecule has 3 aromatic heterocycles. The fraction of sp³-hybridized carbons (Fsp3) is 0.136. The molecule has 3 heterocycles. The van der Waals surface area contributed by atoms with Crippen LogP contribution in [-0.2, 0) is 0 Å². The van der Waals surface area contributed by atoms with Gasteiger partial charge in [-0.15, -0.1) is 0 Å². The molecule has 0 saturated heterocycles. The number of hydrogen-bond acceptors (Lipinski definition) is 1. The molecule has 0 fully saturated rings. The molecule has 5 rings (SSSR count). The van der Waals surface area contributed by atoms with E-state index in [0.717, 1.165) is 28.5 Å². The second-order valence-electron chi connectivity index (χ2n) is 6.79. The number of benzene rings is 2. The molecular formula is C22H20N4. The first kappa shape index (κ1) is 15.0. The van der Waals surface area contributed by atoms with E-state index in [1.165, 1.54) is 22.0 Å². The molecule has 4 nitrogen and oxygen atoms in total. The molecule has 0 spiro atoms. The summed E-state index contributed by atoms with van der Waals surface area (Å²) in [5, 5.41) is 2.55. The minimum atomic E-state index is 0.938. The lowest BCUT2D eigenvalue weighted by Gasteiger charge is -2.04. The van der Waals surface area contributed by atoms with Crippen molar-refractivity contribution in [1.82, 2.24) is 19.1 Å². The van der Waals surface area contributed by atoms with Gasteiger partial charge in [0, 0.05) is 27.7 Å². The third kappa shape index (κ3) is 1.99. The lowest BCUT2D eigenvalue weighted by molar-refractivity contribution is 0.965. The van der Waals surface area contributed by atoms with Gasteiger partial charge in [-0.3, -0.25) is 4.57 Å². The van der Waals surface area contributed by atoms with Crippen LogP contribution in [0.3, 0.4) is 0 Å². The van der Waals surface area contributed by atoms with E-state index in [2.05, 4.69) is 82.7 Å². The van der Waals surface area contributed by atoms with Gasteiger partial charge in [0.05, 0.1) is 6.20 Å². The fourth-order valence-corrected chi connectivity index (χ4v) is 3.89. The predicted octanol–water partition coefficient (Wildman–Crippen LogP) is 5.22. The molecule has 1 N–H and O–H groups in total. The Hall–Kier alpha value is -3.27. The molecule has 0 atom stereocenters. The van der Waals surface area contributed by atoms with Crippen molar-refractivity contribution in [2.45, 2.75) is 20.8 Å². The number of aryl methyl sites for hydroxylation is 2. The zero-order valence-corrected chi connectivity index (χ0v) is 15.1. The van der Waals surface area contributed by atoms with E-state index in [9.17, 15) is 0 Å². The SMILES string of the molecule is Cc1c(C)n(-c2cn(-c3ccccc3)c(C)n2)c2[nH]c3ccccc3c12. The lowest BCUT2D eigenvalue weighted by atomic mass is 10.1. The quantitative estimate of drug-likeness (QED) is 0.470. The summed E-state index contributed by atoms with van der Waals surface area (Å²) < 4.78 is 4.37. The zero-order valence-electron chi connectivity index (χ0n) is 15.1. The van der Waals surface area contributed by atoms with Crippen molar-refractivity contribution in [3.05, 3.63) is 77.9 Å². The van der Waals surface area contributed by atoms with Crippen LogP contribution in [0.5, 0.6) is 0 Å². The lowest BCUT2D eigenvalue weighted by Crippen LogP contribution is -1.98. The molecule has 0 amide bonds. The second-order valence-corrected chi connectivity index (χ2v) is 6.79. The van der Waals surface area contributed by atoms with Gasteiger partial charge in [0.2, 0.25) is 0 Å². The standard InChI is InChI=1S/C22H20N4/c1-14-15(2)26(22-21(14)18-11-7-8-12-19(18)24-22)20-13-25(16(3)23-20)17-9-5-4-6-10-17/h4-13,24H,1-3H3. The van der Waals surface area contributed by atoms with Crippen LogP contribution in [0.15, 0.2) is 60.8 Å². The average Bonchev–Trinajstić information content (AvgIpc) is 3.29. The van der Waals surface area contributed by atoms with Crippen molar-refractivity contribution < 1.29 is 0 Å². The van der Waals surface area contributed by atoms with Gasteiger partial charge >= 0.3 is 0 Å². The summed E-state index contributed by atoms with van der Waals surface area (Å²) >= 11 is 0. The fourth-order valence-electron chi connectivity index (χ4n) is 3.89. The molecule has 0 radical (unpaired) electrons. The number of fused-ring (bicyclic) bond motifs is 3. The molecule has 0 saturated carbocycles. The van der Waals surface area contributed by atoms with E-state index in [-0.39, 0.29) is 0 Å². The van der Waals surface area contributed by atoms with Crippen molar-refractivity contribution in [3.8, 4) is 11.5 Å². The number of H-pyrrole nitrogens is 1. The normalized spacial score (nSPS) is 11.7. The maximum absolute atomic E-state index is 4.86. The molecule has 128 valence electrons. The molecule has 0 aliphatic rings. The van der Waals surface area contributed by atoms with Crippen LogP contribution in [0, 0.1) is 20.8 Å². The second kappa shape index (κ2) is 5.36. The minimum absolute atomic E-state index is 0.938. The first-order valence-electron chi connectivity index (χ1n) is 8.85. The van der Waals surface area contributed by atoms with Crippen LogP contribution < -0.4 is 0 Å². The molecule has 0 aliphatic carbocycles. The highest BCUT2D eigenvalue weighted by atomic mass is 15.2. The smallest absolute Gasteiger partial charge is 0.157 e. The van der Waals surface area contributed by atoms with Crippen molar-refractivity contribution in [1.29, 1.82) is 0 Å². The van der Waals surface area contributed by atoms with Gasteiger partial charge in [-0.2, -0.15) is 0 Å². The van der Waals surface area contributed by atoms with Crippen LogP contribution in [0.2, 0.25) is 0 Å². The summed E-state index contributed by atoms with van der Waals surface area (Å²) in [6.45, 7) is 6.40. The van der Waals surface area contributed by atoms with E-state index in [1.807, 2.05) is 13.0 Å². The van der Waals surface area contributed by atoms with Gasteiger partial charge < -0.3 is 9.55 Å².